The second-order valence-electron chi connectivity index (χ2n) is 15.8. The van der Waals surface area contributed by atoms with Crippen molar-refractivity contribution in [2.24, 2.45) is 0 Å². The van der Waals surface area contributed by atoms with Crippen LogP contribution >= 0.6 is 0 Å². The molecule has 0 spiro atoms. The Labute approximate surface area is 366 Å². The molecule has 9 rings (SSSR count). The third kappa shape index (κ3) is 11.0. The van der Waals surface area contributed by atoms with E-state index in [-0.39, 0.29) is 7.43 Å². The van der Waals surface area contributed by atoms with Crippen LogP contribution in [0.4, 0.5) is 0 Å². The second-order valence-corrected chi connectivity index (χ2v) is 15.8. The third-order valence-corrected chi connectivity index (χ3v) is 11.1. The summed E-state index contributed by atoms with van der Waals surface area (Å²) in [6.45, 7) is 15.2. The van der Waals surface area contributed by atoms with Gasteiger partial charge in [-0.25, -0.2) is 0 Å². The summed E-state index contributed by atoms with van der Waals surface area (Å²) in [6, 6.07) is 70.6. The molecule has 0 unspecified atom stereocenters. The van der Waals surface area contributed by atoms with Crippen LogP contribution in [0.3, 0.4) is 0 Å². The van der Waals surface area contributed by atoms with E-state index in [1.54, 1.807) is 0 Å². The molecule has 0 nitrogen and oxygen atoms in total. The van der Waals surface area contributed by atoms with Gasteiger partial charge in [0.2, 0.25) is 0 Å². The molecule has 0 bridgehead atoms. The Kier molecular flexibility index (Phi) is 14.8. The van der Waals surface area contributed by atoms with E-state index in [4.69, 9.17) is 0 Å². The summed E-state index contributed by atoms with van der Waals surface area (Å²) >= 11 is 0. The summed E-state index contributed by atoms with van der Waals surface area (Å²) in [5.74, 6) is 0. The zero-order chi connectivity index (χ0) is 41.8. The summed E-state index contributed by atoms with van der Waals surface area (Å²) < 4.78 is 0. The van der Waals surface area contributed by atoms with E-state index in [2.05, 4.69) is 223 Å². The van der Waals surface area contributed by atoms with E-state index in [9.17, 15) is 0 Å². The molecule has 0 N–H and O–H groups in total. The van der Waals surface area contributed by atoms with E-state index in [0.717, 1.165) is 17.6 Å². The van der Waals surface area contributed by atoms with Crippen LogP contribution in [0.5, 0.6) is 0 Å². The van der Waals surface area contributed by atoms with Crippen LogP contribution in [0.25, 0.3) is 55.7 Å². The zero-order valence-corrected chi connectivity index (χ0v) is 35.6. The van der Waals surface area contributed by atoms with E-state index in [1.807, 2.05) is 30.3 Å². The van der Waals surface area contributed by atoms with Gasteiger partial charge in [-0.05, 0) is 142 Å². The first-order valence-corrected chi connectivity index (χ1v) is 20.9. The highest BCUT2D eigenvalue weighted by molar-refractivity contribution is 5.88. The maximum absolute atomic E-state index is 4.38. The molecular formula is C61H58. The Hall–Kier alpha value is -7.02. The first-order valence-electron chi connectivity index (χ1n) is 20.9. The average Bonchev–Trinajstić information content (AvgIpc) is 3.68. The molecule has 0 saturated heterocycles. The molecule has 0 aliphatic heterocycles. The van der Waals surface area contributed by atoms with Crippen molar-refractivity contribution >= 4 is 11.1 Å². The minimum absolute atomic E-state index is 0. The van der Waals surface area contributed by atoms with E-state index >= 15 is 0 Å². The van der Waals surface area contributed by atoms with Crippen LogP contribution in [-0.2, 0) is 6.42 Å². The van der Waals surface area contributed by atoms with Crippen molar-refractivity contribution in [2.75, 3.05) is 0 Å². The Bertz CT molecular complexity index is 2740. The Balaban J connectivity index is 0.000000183. The first kappa shape index (κ1) is 43.6. The summed E-state index contributed by atoms with van der Waals surface area (Å²) in [6.07, 6.45) is 5.46. The van der Waals surface area contributed by atoms with Gasteiger partial charge in [0.05, 0.1) is 0 Å². The SMILES string of the molecule is C.C=C(/C=C(\C=C(C)C)c1ccccc1)c1cccc(-c2ccc(-c3ccccc3)cc2)c1.Cc1ccccc1.Cc1ccccc1-c1ccc2c(c1C)Cc1ccccc1-2. The smallest absolute Gasteiger partial charge is 0.00106 e. The van der Waals surface area contributed by atoms with Gasteiger partial charge >= 0.3 is 0 Å². The normalized spacial score (nSPS) is 11.0. The fourth-order valence-corrected chi connectivity index (χ4v) is 7.87. The maximum atomic E-state index is 4.38. The zero-order valence-electron chi connectivity index (χ0n) is 35.6. The molecule has 1 aliphatic rings. The molecule has 61 heavy (non-hydrogen) atoms. The highest BCUT2D eigenvalue weighted by Gasteiger charge is 2.21. The molecular weight excluding hydrogens is 733 g/mol. The molecule has 0 fully saturated rings. The molecule has 0 amide bonds. The van der Waals surface area contributed by atoms with E-state index in [1.165, 1.54) is 89.0 Å². The van der Waals surface area contributed by atoms with Crippen molar-refractivity contribution < 1.29 is 0 Å². The Morgan fingerprint density at radius 3 is 1.57 bits per heavy atom. The van der Waals surface area contributed by atoms with Gasteiger partial charge in [-0.1, -0.05) is 225 Å². The van der Waals surface area contributed by atoms with Crippen molar-refractivity contribution in [3.63, 3.8) is 0 Å². The third-order valence-electron chi connectivity index (χ3n) is 11.1. The lowest BCUT2D eigenvalue weighted by Crippen LogP contribution is -1.92. The van der Waals surface area contributed by atoms with Crippen LogP contribution in [0.15, 0.2) is 224 Å². The van der Waals surface area contributed by atoms with Crippen molar-refractivity contribution in [1.29, 1.82) is 0 Å². The molecule has 8 aromatic carbocycles. The fraction of sp³-hybridized carbons (Fsp3) is 0.115. The number of rotatable bonds is 7. The second kappa shape index (κ2) is 20.8. The standard InChI is InChI=1S/C32H28.C21H18.C7H8.CH4/c1-24(2)21-32(27-13-8-5-9-14-27)22-25(3)30-15-10-16-31(23-30)29-19-17-28(18-20-29)26-11-6-4-7-12-26;1-14-7-3-5-9-17(14)18-11-12-20-19-10-6-4-8-16(19)13-21(20)15(18)2;1-7-5-3-2-4-6-7;/h4-23H,3H2,1-2H3;3-12H,13H2,1-2H3;2-6H,1H3;1H4/b32-22+;;;. The molecule has 302 valence electrons. The van der Waals surface area contributed by atoms with Gasteiger partial charge in [0.15, 0.2) is 0 Å². The van der Waals surface area contributed by atoms with E-state index < -0.39 is 0 Å². The van der Waals surface area contributed by atoms with Crippen LogP contribution in [0.1, 0.15) is 60.2 Å². The lowest BCUT2D eigenvalue weighted by Gasteiger charge is -2.13. The summed E-state index contributed by atoms with van der Waals surface area (Å²) in [7, 11) is 0. The van der Waals surface area contributed by atoms with Crippen molar-refractivity contribution in [1.82, 2.24) is 0 Å². The average molecular weight is 791 g/mol. The number of hydrogen-bond acceptors (Lipinski definition) is 0. The van der Waals surface area contributed by atoms with Crippen LogP contribution in [-0.4, -0.2) is 0 Å². The fourth-order valence-electron chi connectivity index (χ4n) is 7.87. The van der Waals surface area contributed by atoms with E-state index in [0.29, 0.717) is 0 Å². The predicted octanol–water partition coefficient (Wildman–Crippen LogP) is 17.3. The van der Waals surface area contributed by atoms with Crippen molar-refractivity contribution in [3.05, 3.63) is 263 Å². The van der Waals surface area contributed by atoms with Crippen LogP contribution < -0.4 is 0 Å². The van der Waals surface area contributed by atoms with Gasteiger partial charge < -0.3 is 0 Å². The number of allylic oxidation sites excluding steroid dienone is 5. The number of benzene rings is 8. The first-order chi connectivity index (χ1) is 29.2. The van der Waals surface area contributed by atoms with Crippen LogP contribution in [0.2, 0.25) is 0 Å². The molecule has 1 aliphatic carbocycles. The summed E-state index contributed by atoms with van der Waals surface area (Å²) in [5, 5.41) is 0. The minimum atomic E-state index is 0. The molecule has 0 aromatic heterocycles. The van der Waals surface area contributed by atoms with Gasteiger partial charge in [-0.2, -0.15) is 0 Å². The molecule has 0 radical (unpaired) electrons. The topological polar surface area (TPSA) is 0 Å². The lowest BCUT2D eigenvalue weighted by molar-refractivity contribution is 1.22. The Morgan fingerprint density at radius 1 is 0.443 bits per heavy atom. The molecule has 0 heterocycles. The molecule has 0 heteroatoms. The molecule has 8 aromatic rings. The van der Waals surface area contributed by atoms with Gasteiger partial charge in [0, 0.05) is 0 Å². The Morgan fingerprint density at radius 2 is 0.951 bits per heavy atom. The molecule has 0 saturated carbocycles. The molecule has 0 atom stereocenters. The highest BCUT2D eigenvalue weighted by Crippen LogP contribution is 2.41. The quantitative estimate of drug-likeness (QED) is 0.141. The van der Waals surface area contributed by atoms with Gasteiger partial charge in [0.1, 0.15) is 0 Å². The van der Waals surface area contributed by atoms with Gasteiger partial charge in [-0.3, -0.25) is 0 Å². The van der Waals surface area contributed by atoms with Crippen molar-refractivity contribution in [3.8, 4) is 44.5 Å². The highest BCUT2D eigenvalue weighted by atomic mass is 14.3. The maximum Gasteiger partial charge on any atom is -0.00106 e. The minimum Gasteiger partial charge on any atom is -0.0911 e. The van der Waals surface area contributed by atoms with Gasteiger partial charge in [-0.15, -0.1) is 0 Å². The van der Waals surface area contributed by atoms with Crippen LogP contribution in [0, 0.1) is 20.8 Å². The summed E-state index contributed by atoms with van der Waals surface area (Å²) in [5.41, 5.74) is 23.2. The number of hydrogen-bond donors (Lipinski definition) is 0. The lowest BCUT2D eigenvalue weighted by atomic mass is 9.91. The summed E-state index contributed by atoms with van der Waals surface area (Å²) in [4.78, 5) is 0. The predicted molar refractivity (Wildman–Crippen MR) is 268 cm³/mol. The number of fused-ring (bicyclic) bond motifs is 3. The van der Waals surface area contributed by atoms with Crippen molar-refractivity contribution in [2.45, 2.75) is 48.5 Å². The monoisotopic (exact) mass is 790 g/mol. The largest absolute Gasteiger partial charge is 0.0911 e. The number of aryl methyl sites for hydroxylation is 2. The van der Waals surface area contributed by atoms with Gasteiger partial charge in [0.25, 0.3) is 0 Å².